The standard InChI is InChI=1S/C15H15Si/c1-2-13-16(14-9-5-3-6-10-14)15-11-7-4-8-12-15/h2-13H,1H3. The van der Waals surface area contributed by atoms with Gasteiger partial charge in [0.25, 0.3) is 0 Å². The van der Waals surface area contributed by atoms with Crippen LogP contribution in [0.2, 0.25) is 0 Å². The molecule has 0 bridgehead atoms. The first-order valence-electron chi connectivity index (χ1n) is 5.52. The van der Waals surface area contributed by atoms with Crippen LogP contribution in [0.25, 0.3) is 0 Å². The molecule has 2 rings (SSSR count). The van der Waals surface area contributed by atoms with E-state index in [4.69, 9.17) is 0 Å². The molecule has 0 aliphatic rings. The van der Waals surface area contributed by atoms with Crippen LogP contribution in [0.4, 0.5) is 0 Å². The van der Waals surface area contributed by atoms with Gasteiger partial charge in [0.15, 0.2) is 0 Å². The van der Waals surface area contributed by atoms with E-state index < -0.39 is 8.80 Å². The van der Waals surface area contributed by atoms with Gasteiger partial charge >= 0.3 is 0 Å². The second-order valence-electron chi connectivity index (χ2n) is 3.65. The van der Waals surface area contributed by atoms with Crippen LogP contribution in [0, 0.1) is 0 Å². The first-order valence-corrected chi connectivity index (χ1v) is 7.10. The highest BCUT2D eigenvalue weighted by atomic mass is 28.3. The normalized spacial score (nSPS) is 11.1. The molecule has 0 aromatic heterocycles. The van der Waals surface area contributed by atoms with Gasteiger partial charge in [0.2, 0.25) is 0 Å². The van der Waals surface area contributed by atoms with Gasteiger partial charge in [-0.05, 0) is 6.92 Å². The smallest absolute Gasteiger partial charge is 0.0950 e. The van der Waals surface area contributed by atoms with Crippen LogP contribution < -0.4 is 10.4 Å². The molecular formula is C15H15Si. The van der Waals surface area contributed by atoms with Crippen molar-refractivity contribution < 1.29 is 0 Å². The minimum atomic E-state index is -0.731. The topological polar surface area (TPSA) is 0 Å². The van der Waals surface area contributed by atoms with E-state index in [0.717, 1.165) is 0 Å². The molecule has 2 aromatic carbocycles. The van der Waals surface area contributed by atoms with Crippen LogP contribution in [0.15, 0.2) is 72.4 Å². The second-order valence-corrected chi connectivity index (χ2v) is 5.96. The Morgan fingerprint density at radius 2 is 1.19 bits per heavy atom. The van der Waals surface area contributed by atoms with Gasteiger partial charge in [-0.25, -0.2) is 0 Å². The molecule has 0 atom stereocenters. The zero-order valence-corrected chi connectivity index (χ0v) is 10.4. The van der Waals surface area contributed by atoms with Gasteiger partial charge in [-0.1, -0.05) is 82.8 Å². The van der Waals surface area contributed by atoms with Crippen LogP contribution in [0.5, 0.6) is 0 Å². The van der Waals surface area contributed by atoms with Gasteiger partial charge in [-0.15, -0.1) is 0 Å². The molecule has 0 heterocycles. The first kappa shape index (κ1) is 10.9. The molecule has 2 aromatic rings. The highest BCUT2D eigenvalue weighted by Gasteiger charge is 2.11. The number of hydrogen-bond donors (Lipinski definition) is 0. The number of hydrogen-bond acceptors (Lipinski definition) is 0. The molecule has 1 heteroatoms. The maximum Gasteiger partial charge on any atom is 0.146 e. The summed E-state index contributed by atoms with van der Waals surface area (Å²) in [6, 6.07) is 21.5. The quantitative estimate of drug-likeness (QED) is 0.701. The fourth-order valence-corrected chi connectivity index (χ4v) is 3.92. The fourth-order valence-electron chi connectivity index (χ4n) is 1.76. The minimum Gasteiger partial charge on any atom is -0.0950 e. The van der Waals surface area contributed by atoms with E-state index in [-0.39, 0.29) is 0 Å². The van der Waals surface area contributed by atoms with Gasteiger partial charge in [0.05, 0.1) is 0 Å². The molecule has 0 fully saturated rings. The maximum absolute atomic E-state index is 2.34. The lowest BCUT2D eigenvalue weighted by molar-refractivity contribution is 1.72. The van der Waals surface area contributed by atoms with Crippen LogP contribution in [0.3, 0.4) is 0 Å². The first-order chi connectivity index (χ1) is 7.92. The Kier molecular flexibility index (Phi) is 3.73. The van der Waals surface area contributed by atoms with Crippen molar-refractivity contribution in [3.8, 4) is 0 Å². The van der Waals surface area contributed by atoms with Crippen molar-refractivity contribution >= 4 is 19.2 Å². The lowest BCUT2D eigenvalue weighted by Crippen LogP contribution is -2.40. The lowest BCUT2D eigenvalue weighted by Gasteiger charge is -2.11. The summed E-state index contributed by atoms with van der Waals surface area (Å²) in [6.07, 6.45) is 2.16. The highest BCUT2D eigenvalue weighted by molar-refractivity contribution is 6.89. The van der Waals surface area contributed by atoms with Gasteiger partial charge in [-0.2, -0.15) is 0 Å². The van der Waals surface area contributed by atoms with Crippen molar-refractivity contribution in [1.29, 1.82) is 0 Å². The monoisotopic (exact) mass is 223 g/mol. The summed E-state index contributed by atoms with van der Waals surface area (Å²) < 4.78 is 0. The van der Waals surface area contributed by atoms with Crippen molar-refractivity contribution in [2.75, 3.05) is 0 Å². The van der Waals surface area contributed by atoms with Crippen molar-refractivity contribution in [3.63, 3.8) is 0 Å². The highest BCUT2D eigenvalue weighted by Crippen LogP contribution is 1.94. The predicted molar refractivity (Wildman–Crippen MR) is 72.7 cm³/mol. The van der Waals surface area contributed by atoms with Gasteiger partial charge in [0, 0.05) is 0 Å². The van der Waals surface area contributed by atoms with Crippen LogP contribution in [-0.2, 0) is 0 Å². The molecule has 0 spiro atoms. The Bertz CT molecular complexity index is 406. The second kappa shape index (κ2) is 5.47. The Morgan fingerprint density at radius 3 is 1.56 bits per heavy atom. The third kappa shape index (κ3) is 2.50. The third-order valence-electron chi connectivity index (χ3n) is 2.50. The largest absolute Gasteiger partial charge is 0.146 e. The SMILES string of the molecule is CC=C[Si](c1ccccc1)c1ccccc1. The summed E-state index contributed by atoms with van der Waals surface area (Å²) in [4.78, 5) is 0. The summed E-state index contributed by atoms with van der Waals surface area (Å²) in [7, 11) is -0.731. The molecule has 0 saturated carbocycles. The summed E-state index contributed by atoms with van der Waals surface area (Å²) >= 11 is 0. The predicted octanol–water partition coefficient (Wildman–Crippen LogP) is 2.41. The molecule has 1 radical (unpaired) electrons. The van der Waals surface area contributed by atoms with E-state index in [1.54, 1.807) is 0 Å². The lowest BCUT2D eigenvalue weighted by atomic mass is 10.4. The van der Waals surface area contributed by atoms with E-state index in [2.05, 4.69) is 79.4 Å². The molecule has 0 aliphatic heterocycles. The number of allylic oxidation sites excluding steroid dienone is 1. The van der Waals surface area contributed by atoms with Crippen LogP contribution in [0.1, 0.15) is 6.92 Å². The van der Waals surface area contributed by atoms with Crippen LogP contribution in [-0.4, -0.2) is 8.80 Å². The summed E-state index contributed by atoms with van der Waals surface area (Å²) in [5, 5.41) is 2.88. The third-order valence-corrected chi connectivity index (χ3v) is 5.08. The number of rotatable bonds is 3. The Labute approximate surface area is 98.9 Å². The average molecular weight is 223 g/mol. The maximum atomic E-state index is 2.34. The zero-order chi connectivity index (χ0) is 11.2. The Morgan fingerprint density at radius 1 is 0.750 bits per heavy atom. The molecular weight excluding hydrogens is 208 g/mol. The van der Waals surface area contributed by atoms with Crippen molar-refractivity contribution in [2.24, 2.45) is 0 Å². The fraction of sp³-hybridized carbons (Fsp3) is 0.0667. The molecule has 0 saturated heterocycles. The number of benzene rings is 2. The molecule has 79 valence electrons. The Balaban J connectivity index is 2.39. The van der Waals surface area contributed by atoms with Gasteiger partial charge < -0.3 is 0 Å². The summed E-state index contributed by atoms with van der Waals surface area (Å²) in [6.45, 7) is 2.09. The van der Waals surface area contributed by atoms with E-state index in [1.807, 2.05) is 0 Å². The molecule has 0 nitrogen and oxygen atoms in total. The minimum absolute atomic E-state index is 0.731. The van der Waals surface area contributed by atoms with Crippen LogP contribution >= 0.6 is 0 Å². The summed E-state index contributed by atoms with van der Waals surface area (Å²) in [5.74, 6) is 0. The molecule has 16 heavy (non-hydrogen) atoms. The van der Waals surface area contributed by atoms with E-state index in [0.29, 0.717) is 0 Å². The molecule has 0 unspecified atom stereocenters. The Hall–Kier alpha value is -1.60. The van der Waals surface area contributed by atoms with E-state index >= 15 is 0 Å². The zero-order valence-electron chi connectivity index (χ0n) is 9.43. The van der Waals surface area contributed by atoms with Gasteiger partial charge in [0.1, 0.15) is 8.80 Å². The molecule has 0 amide bonds. The van der Waals surface area contributed by atoms with Crippen molar-refractivity contribution in [1.82, 2.24) is 0 Å². The average Bonchev–Trinajstić information content (AvgIpc) is 2.38. The van der Waals surface area contributed by atoms with E-state index in [9.17, 15) is 0 Å². The van der Waals surface area contributed by atoms with Crippen molar-refractivity contribution in [2.45, 2.75) is 6.92 Å². The summed E-state index contributed by atoms with van der Waals surface area (Å²) in [5.41, 5.74) is 2.34. The van der Waals surface area contributed by atoms with Crippen molar-refractivity contribution in [3.05, 3.63) is 72.4 Å². The van der Waals surface area contributed by atoms with E-state index in [1.165, 1.54) is 10.4 Å². The molecule has 0 N–H and O–H groups in total. The molecule has 0 aliphatic carbocycles. The van der Waals surface area contributed by atoms with Gasteiger partial charge in [-0.3, -0.25) is 0 Å².